The SMILES string of the molecule is COc1ccc(C[C@@H](C)NC[C@H](O)c2ccc(OC)nc2C)cc1. The first kappa shape index (κ1) is 18.2. The van der Waals surface area contributed by atoms with Gasteiger partial charge in [0, 0.05) is 29.9 Å². The van der Waals surface area contributed by atoms with Crippen molar-refractivity contribution >= 4 is 0 Å². The normalized spacial score (nSPS) is 13.4. The molecule has 0 saturated heterocycles. The lowest BCUT2D eigenvalue weighted by molar-refractivity contribution is 0.169. The van der Waals surface area contributed by atoms with Crippen LogP contribution in [0.25, 0.3) is 0 Å². The Morgan fingerprint density at radius 3 is 2.38 bits per heavy atom. The van der Waals surface area contributed by atoms with Crippen molar-refractivity contribution in [2.45, 2.75) is 32.4 Å². The predicted octanol–water partition coefficient (Wildman–Crippen LogP) is 2.66. The third-order valence-corrected chi connectivity index (χ3v) is 4.03. The van der Waals surface area contributed by atoms with Crippen LogP contribution in [0, 0.1) is 6.92 Å². The first-order chi connectivity index (χ1) is 11.5. The average Bonchev–Trinajstić information content (AvgIpc) is 2.60. The number of aliphatic hydroxyl groups is 1. The zero-order valence-corrected chi connectivity index (χ0v) is 14.7. The van der Waals surface area contributed by atoms with Gasteiger partial charge in [0.15, 0.2) is 0 Å². The highest BCUT2D eigenvalue weighted by Gasteiger charge is 2.13. The molecule has 1 aromatic carbocycles. The van der Waals surface area contributed by atoms with Gasteiger partial charge in [-0.3, -0.25) is 0 Å². The summed E-state index contributed by atoms with van der Waals surface area (Å²) in [6.45, 7) is 4.46. The average molecular weight is 330 g/mol. The Morgan fingerprint density at radius 1 is 1.08 bits per heavy atom. The summed E-state index contributed by atoms with van der Waals surface area (Å²) in [7, 11) is 3.25. The minimum Gasteiger partial charge on any atom is -0.497 e. The topological polar surface area (TPSA) is 63.6 Å². The third-order valence-electron chi connectivity index (χ3n) is 4.03. The summed E-state index contributed by atoms with van der Waals surface area (Å²) in [6.07, 6.45) is 0.290. The number of hydrogen-bond donors (Lipinski definition) is 2. The zero-order valence-electron chi connectivity index (χ0n) is 14.7. The van der Waals surface area contributed by atoms with Crippen molar-refractivity contribution in [3.05, 3.63) is 53.2 Å². The van der Waals surface area contributed by atoms with E-state index in [0.29, 0.717) is 12.4 Å². The largest absolute Gasteiger partial charge is 0.497 e. The molecule has 0 aliphatic carbocycles. The van der Waals surface area contributed by atoms with Crippen LogP contribution in [0.2, 0.25) is 0 Å². The Labute approximate surface area is 143 Å². The van der Waals surface area contributed by atoms with Gasteiger partial charge < -0.3 is 19.9 Å². The van der Waals surface area contributed by atoms with E-state index in [1.54, 1.807) is 20.3 Å². The van der Waals surface area contributed by atoms with Crippen LogP contribution < -0.4 is 14.8 Å². The standard InChI is InChI=1S/C19H26N2O3/c1-13(11-15-5-7-16(23-3)8-6-15)20-12-18(22)17-9-10-19(24-4)21-14(17)2/h5-10,13,18,20,22H,11-12H2,1-4H3/t13-,18+/m1/s1. The molecule has 130 valence electrons. The maximum Gasteiger partial charge on any atom is 0.213 e. The first-order valence-corrected chi connectivity index (χ1v) is 8.09. The van der Waals surface area contributed by atoms with Gasteiger partial charge in [0.2, 0.25) is 5.88 Å². The molecule has 1 aromatic heterocycles. The number of hydrogen-bond acceptors (Lipinski definition) is 5. The Morgan fingerprint density at radius 2 is 1.79 bits per heavy atom. The number of nitrogens with one attached hydrogen (secondary N) is 1. The quantitative estimate of drug-likeness (QED) is 0.779. The summed E-state index contributed by atoms with van der Waals surface area (Å²) >= 11 is 0. The Hall–Kier alpha value is -2.11. The molecule has 2 N–H and O–H groups in total. The van der Waals surface area contributed by atoms with E-state index in [-0.39, 0.29) is 6.04 Å². The van der Waals surface area contributed by atoms with Crippen molar-refractivity contribution in [3.8, 4) is 11.6 Å². The third kappa shape index (κ3) is 4.94. The van der Waals surface area contributed by atoms with Gasteiger partial charge in [-0.2, -0.15) is 0 Å². The van der Waals surface area contributed by atoms with E-state index in [1.165, 1.54) is 5.56 Å². The first-order valence-electron chi connectivity index (χ1n) is 8.09. The summed E-state index contributed by atoms with van der Waals surface area (Å²) < 4.78 is 10.3. The number of aryl methyl sites for hydroxylation is 1. The fraction of sp³-hybridized carbons (Fsp3) is 0.421. The van der Waals surface area contributed by atoms with Gasteiger partial charge in [0.1, 0.15) is 5.75 Å². The molecule has 5 nitrogen and oxygen atoms in total. The van der Waals surface area contributed by atoms with Crippen molar-refractivity contribution in [1.82, 2.24) is 10.3 Å². The molecule has 0 spiro atoms. The maximum atomic E-state index is 10.4. The molecule has 0 radical (unpaired) electrons. The molecule has 0 fully saturated rings. The summed E-state index contributed by atoms with van der Waals surface area (Å²) in [5.41, 5.74) is 2.83. The van der Waals surface area contributed by atoms with Gasteiger partial charge >= 0.3 is 0 Å². The molecule has 24 heavy (non-hydrogen) atoms. The van der Waals surface area contributed by atoms with Gasteiger partial charge in [0.25, 0.3) is 0 Å². The van der Waals surface area contributed by atoms with E-state index in [1.807, 2.05) is 25.1 Å². The smallest absolute Gasteiger partial charge is 0.213 e. The second kappa shape index (κ2) is 8.66. The molecule has 5 heteroatoms. The number of rotatable bonds is 8. The molecule has 0 bridgehead atoms. The van der Waals surface area contributed by atoms with Crippen LogP contribution in [0.5, 0.6) is 11.6 Å². The fourth-order valence-corrected chi connectivity index (χ4v) is 2.62. The van der Waals surface area contributed by atoms with Crippen LogP contribution in [0.1, 0.15) is 29.8 Å². The molecule has 0 unspecified atom stereocenters. The van der Waals surface area contributed by atoms with Crippen molar-refractivity contribution in [2.75, 3.05) is 20.8 Å². The van der Waals surface area contributed by atoms with Gasteiger partial charge in [-0.15, -0.1) is 0 Å². The van der Waals surface area contributed by atoms with Crippen LogP contribution in [-0.2, 0) is 6.42 Å². The molecule has 0 aliphatic heterocycles. The lowest BCUT2D eigenvalue weighted by atomic mass is 10.1. The number of benzene rings is 1. The molecule has 0 aliphatic rings. The van der Waals surface area contributed by atoms with Crippen molar-refractivity contribution in [3.63, 3.8) is 0 Å². The Balaban J connectivity index is 1.87. The van der Waals surface area contributed by atoms with E-state index in [2.05, 4.69) is 29.4 Å². The zero-order chi connectivity index (χ0) is 17.5. The molecule has 0 saturated carbocycles. The predicted molar refractivity (Wildman–Crippen MR) is 94.6 cm³/mol. The highest BCUT2D eigenvalue weighted by atomic mass is 16.5. The maximum absolute atomic E-state index is 10.4. The van der Waals surface area contributed by atoms with Gasteiger partial charge in [0.05, 0.1) is 20.3 Å². The molecule has 0 amide bonds. The minimum absolute atomic E-state index is 0.250. The van der Waals surface area contributed by atoms with E-state index in [9.17, 15) is 5.11 Å². The van der Waals surface area contributed by atoms with Crippen LogP contribution in [0.4, 0.5) is 0 Å². The van der Waals surface area contributed by atoms with Crippen LogP contribution in [-0.4, -0.2) is 36.9 Å². The molecule has 1 heterocycles. The van der Waals surface area contributed by atoms with E-state index in [4.69, 9.17) is 9.47 Å². The molecule has 2 atom stereocenters. The van der Waals surface area contributed by atoms with Crippen molar-refractivity contribution in [1.29, 1.82) is 0 Å². The number of nitrogens with zero attached hydrogens (tertiary/aromatic N) is 1. The molecule has 2 aromatic rings. The highest BCUT2D eigenvalue weighted by molar-refractivity contribution is 5.28. The summed E-state index contributed by atoms with van der Waals surface area (Å²) in [4.78, 5) is 4.30. The summed E-state index contributed by atoms with van der Waals surface area (Å²) in [5.74, 6) is 1.42. The van der Waals surface area contributed by atoms with Crippen LogP contribution in [0.3, 0.4) is 0 Å². The minimum atomic E-state index is -0.596. The van der Waals surface area contributed by atoms with Gasteiger partial charge in [-0.05, 0) is 44.0 Å². The highest BCUT2D eigenvalue weighted by Crippen LogP contribution is 2.19. The van der Waals surface area contributed by atoms with Gasteiger partial charge in [-0.25, -0.2) is 4.98 Å². The lowest BCUT2D eigenvalue weighted by Crippen LogP contribution is -2.32. The number of aliphatic hydroxyl groups excluding tert-OH is 1. The number of aromatic nitrogens is 1. The van der Waals surface area contributed by atoms with E-state index >= 15 is 0 Å². The fourth-order valence-electron chi connectivity index (χ4n) is 2.62. The van der Waals surface area contributed by atoms with Crippen LogP contribution in [0.15, 0.2) is 36.4 Å². The van der Waals surface area contributed by atoms with E-state index < -0.39 is 6.10 Å². The van der Waals surface area contributed by atoms with E-state index in [0.717, 1.165) is 23.4 Å². The second-order valence-electron chi connectivity index (χ2n) is 5.91. The molecular formula is C19H26N2O3. The van der Waals surface area contributed by atoms with Crippen LogP contribution >= 0.6 is 0 Å². The monoisotopic (exact) mass is 330 g/mol. The molecule has 2 rings (SSSR count). The summed E-state index contributed by atoms with van der Waals surface area (Å²) in [5, 5.41) is 13.8. The van der Waals surface area contributed by atoms with Gasteiger partial charge in [-0.1, -0.05) is 12.1 Å². The lowest BCUT2D eigenvalue weighted by Gasteiger charge is -2.19. The number of pyridine rings is 1. The molecular weight excluding hydrogens is 304 g/mol. The Kier molecular flexibility index (Phi) is 6.58. The van der Waals surface area contributed by atoms with Crippen molar-refractivity contribution < 1.29 is 14.6 Å². The summed E-state index contributed by atoms with van der Waals surface area (Å²) in [6, 6.07) is 11.9. The Bertz CT molecular complexity index is 644. The number of methoxy groups -OCH3 is 2. The van der Waals surface area contributed by atoms with Crippen molar-refractivity contribution in [2.24, 2.45) is 0 Å². The second-order valence-corrected chi connectivity index (χ2v) is 5.91. The number of ether oxygens (including phenoxy) is 2.